The molecule has 2 saturated carbocycles. The molecule has 126 valence electrons. The number of amides is 2. The molecule has 2 amide bonds. The number of imide groups is 1. The molecule has 0 radical (unpaired) electrons. The van der Waals surface area contributed by atoms with Gasteiger partial charge in [0.1, 0.15) is 0 Å². The molecule has 0 aromatic heterocycles. The fourth-order valence-corrected chi connectivity index (χ4v) is 4.94. The van der Waals surface area contributed by atoms with Crippen molar-refractivity contribution in [2.45, 2.75) is 6.42 Å². The molecule has 1 heterocycles. The molecule has 6 unspecified atom stereocenters. The van der Waals surface area contributed by atoms with Crippen molar-refractivity contribution < 1.29 is 14.5 Å². The summed E-state index contributed by atoms with van der Waals surface area (Å²) in [7, 11) is 0. The average molecular weight is 337 g/mol. The SMILES string of the molecule is O=C1C2C3C=CC(C4CC34)C2C(=O)N1/N=C/c1ccccc1[N+](=O)[O-]. The topological polar surface area (TPSA) is 92.9 Å². The third kappa shape index (κ3) is 1.89. The van der Waals surface area contributed by atoms with Gasteiger partial charge < -0.3 is 0 Å². The number of hydrazone groups is 1. The fourth-order valence-electron chi connectivity index (χ4n) is 4.94. The summed E-state index contributed by atoms with van der Waals surface area (Å²) in [5.74, 6) is 0.192. The molecule has 4 aliphatic carbocycles. The van der Waals surface area contributed by atoms with Crippen LogP contribution in [-0.2, 0) is 9.59 Å². The number of benzene rings is 1. The van der Waals surface area contributed by atoms with Crippen LogP contribution in [0.2, 0.25) is 0 Å². The van der Waals surface area contributed by atoms with E-state index in [1.54, 1.807) is 18.2 Å². The van der Waals surface area contributed by atoms with Crippen LogP contribution in [0, 0.1) is 45.6 Å². The van der Waals surface area contributed by atoms with Crippen molar-refractivity contribution in [1.82, 2.24) is 5.01 Å². The zero-order chi connectivity index (χ0) is 17.3. The van der Waals surface area contributed by atoms with E-state index >= 15 is 0 Å². The smallest absolute Gasteiger partial charge is 0.272 e. The number of nitro benzene ring substituents is 1. The van der Waals surface area contributed by atoms with Crippen LogP contribution in [0.1, 0.15) is 12.0 Å². The van der Waals surface area contributed by atoms with E-state index in [0.717, 1.165) is 11.4 Å². The molecule has 25 heavy (non-hydrogen) atoms. The van der Waals surface area contributed by atoms with E-state index in [4.69, 9.17) is 0 Å². The molecule has 6 atom stereocenters. The molecule has 1 saturated heterocycles. The number of hydrogen-bond acceptors (Lipinski definition) is 5. The van der Waals surface area contributed by atoms with Crippen LogP contribution in [0.25, 0.3) is 0 Å². The molecular formula is C18H15N3O4. The Kier molecular flexibility index (Phi) is 2.81. The summed E-state index contributed by atoms with van der Waals surface area (Å²) >= 11 is 0. The molecule has 1 aliphatic heterocycles. The minimum Gasteiger partial charge on any atom is -0.272 e. The Morgan fingerprint density at radius 3 is 2.28 bits per heavy atom. The molecule has 1 aromatic rings. The van der Waals surface area contributed by atoms with Crippen molar-refractivity contribution in [3.63, 3.8) is 0 Å². The number of allylic oxidation sites excluding steroid dienone is 2. The number of hydrogen-bond donors (Lipinski definition) is 0. The first-order chi connectivity index (χ1) is 12.1. The van der Waals surface area contributed by atoms with Crippen LogP contribution in [0.3, 0.4) is 0 Å². The van der Waals surface area contributed by atoms with Crippen LogP contribution >= 0.6 is 0 Å². The van der Waals surface area contributed by atoms with Crippen LogP contribution in [0.15, 0.2) is 41.5 Å². The molecule has 7 heteroatoms. The second-order valence-electron chi connectivity index (χ2n) is 7.20. The molecule has 1 aromatic carbocycles. The van der Waals surface area contributed by atoms with Crippen LogP contribution in [0.5, 0.6) is 0 Å². The van der Waals surface area contributed by atoms with Gasteiger partial charge in [-0.2, -0.15) is 10.1 Å². The Labute approximate surface area is 143 Å². The normalized spacial score (nSPS) is 37.5. The Morgan fingerprint density at radius 1 is 1.08 bits per heavy atom. The monoisotopic (exact) mass is 337 g/mol. The number of carbonyl (C=O) groups is 2. The molecule has 6 rings (SSSR count). The lowest BCUT2D eigenvalue weighted by Crippen LogP contribution is -2.40. The van der Waals surface area contributed by atoms with Gasteiger partial charge in [-0.15, -0.1) is 0 Å². The highest BCUT2D eigenvalue weighted by atomic mass is 16.6. The summed E-state index contributed by atoms with van der Waals surface area (Å²) in [5.41, 5.74) is 0.164. The zero-order valence-corrected chi connectivity index (χ0v) is 13.2. The standard InChI is InChI=1S/C18H15N3O4/c22-17-15-10-5-6-11(13-7-12(10)13)16(15)18(23)20(17)19-8-9-3-1-2-4-14(9)21(24)25/h1-6,8,10-13,15-16H,7H2/b19-8+. The lowest BCUT2D eigenvalue weighted by Gasteiger charge is -2.37. The van der Waals surface area contributed by atoms with E-state index in [2.05, 4.69) is 17.3 Å². The lowest BCUT2D eigenvalue weighted by atomic mass is 9.63. The van der Waals surface area contributed by atoms with Crippen LogP contribution in [-0.4, -0.2) is 28.0 Å². The first kappa shape index (κ1) is 14.5. The number of nitrogens with zero attached hydrogens (tertiary/aromatic N) is 3. The minimum absolute atomic E-state index is 0.106. The predicted octanol–water partition coefficient (Wildman–Crippen LogP) is 1.98. The first-order valence-corrected chi connectivity index (χ1v) is 8.41. The molecule has 0 spiro atoms. The largest absolute Gasteiger partial charge is 0.278 e. The van der Waals surface area contributed by atoms with E-state index in [0.29, 0.717) is 11.8 Å². The molecular weight excluding hydrogens is 322 g/mol. The van der Waals surface area contributed by atoms with Crippen LogP contribution in [0.4, 0.5) is 5.69 Å². The Bertz CT molecular complexity index is 841. The third-order valence-corrected chi connectivity index (χ3v) is 6.09. The van der Waals surface area contributed by atoms with Crippen molar-refractivity contribution in [1.29, 1.82) is 0 Å². The van der Waals surface area contributed by atoms with Gasteiger partial charge in [-0.1, -0.05) is 24.3 Å². The maximum Gasteiger partial charge on any atom is 0.278 e. The molecule has 5 aliphatic rings. The van der Waals surface area contributed by atoms with Gasteiger partial charge >= 0.3 is 0 Å². The van der Waals surface area contributed by atoms with E-state index in [-0.39, 0.29) is 46.7 Å². The summed E-state index contributed by atoms with van der Waals surface area (Å²) in [6, 6.07) is 6.12. The Balaban J connectivity index is 1.46. The van der Waals surface area contributed by atoms with Crippen LogP contribution < -0.4 is 0 Å². The van der Waals surface area contributed by atoms with Gasteiger partial charge in [-0.3, -0.25) is 19.7 Å². The summed E-state index contributed by atoms with van der Waals surface area (Å²) < 4.78 is 0. The third-order valence-electron chi connectivity index (χ3n) is 6.09. The summed E-state index contributed by atoms with van der Waals surface area (Å²) in [4.78, 5) is 36.1. The quantitative estimate of drug-likeness (QED) is 0.277. The van der Waals surface area contributed by atoms with E-state index in [1.807, 2.05) is 0 Å². The zero-order valence-electron chi connectivity index (χ0n) is 13.2. The highest BCUT2D eigenvalue weighted by molar-refractivity contribution is 6.06. The molecule has 7 nitrogen and oxygen atoms in total. The van der Waals surface area contributed by atoms with Crippen molar-refractivity contribution in [3.05, 3.63) is 52.1 Å². The molecule has 3 fully saturated rings. The maximum absolute atomic E-state index is 12.8. The van der Waals surface area contributed by atoms with Crippen molar-refractivity contribution in [2.24, 2.45) is 40.6 Å². The number of carbonyl (C=O) groups excluding carboxylic acids is 2. The summed E-state index contributed by atoms with van der Waals surface area (Å²) in [5, 5.41) is 16.0. The number of nitro groups is 1. The fraction of sp³-hybridized carbons (Fsp3) is 0.389. The molecule has 0 N–H and O–H groups in total. The second-order valence-corrected chi connectivity index (χ2v) is 7.20. The van der Waals surface area contributed by atoms with Crippen molar-refractivity contribution in [2.75, 3.05) is 0 Å². The molecule has 2 bridgehead atoms. The van der Waals surface area contributed by atoms with E-state index < -0.39 is 4.92 Å². The Morgan fingerprint density at radius 2 is 1.68 bits per heavy atom. The van der Waals surface area contributed by atoms with E-state index in [1.165, 1.54) is 12.3 Å². The Hall–Kier alpha value is -2.83. The van der Waals surface area contributed by atoms with Gasteiger partial charge in [0.25, 0.3) is 17.5 Å². The highest BCUT2D eigenvalue weighted by Gasteiger charge is 2.67. The number of para-hydroxylation sites is 1. The average Bonchev–Trinajstić information content (AvgIpc) is 3.39. The predicted molar refractivity (Wildman–Crippen MR) is 87.2 cm³/mol. The maximum atomic E-state index is 12.8. The minimum atomic E-state index is -0.508. The van der Waals surface area contributed by atoms with Gasteiger partial charge in [0.05, 0.1) is 28.5 Å². The van der Waals surface area contributed by atoms with Gasteiger partial charge in [0.15, 0.2) is 0 Å². The van der Waals surface area contributed by atoms with Gasteiger partial charge in [-0.05, 0) is 36.2 Å². The van der Waals surface area contributed by atoms with Gasteiger partial charge in [0.2, 0.25) is 0 Å². The highest BCUT2D eigenvalue weighted by Crippen LogP contribution is 2.65. The van der Waals surface area contributed by atoms with Crippen molar-refractivity contribution in [3.8, 4) is 0 Å². The summed E-state index contributed by atoms with van der Waals surface area (Å²) in [6.07, 6.45) is 6.54. The van der Waals surface area contributed by atoms with Gasteiger partial charge in [0, 0.05) is 6.07 Å². The first-order valence-electron chi connectivity index (χ1n) is 8.41. The summed E-state index contributed by atoms with van der Waals surface area (Å²) in [6.45, 7) is 0. The number of rotatable bonds is 3. The van der Waals surface area contributed by atoms with Crippen molar-refractivity contribution >= 4 is 23.7 Å². The van der Waals surface area contributed by atoms with E-state index in [9.17, 15) is 19.7 Å². The van der Waals surface area contributed by atoms with Gasteiger partial charge in [-0.25, -0.2) is 0 Å². The lowest BCUT2D eigenvalue weighted by molar-refractivity contribution is -0.385. The second kappa shape index (κ2) is 4.84.